The minimum atomic E-state index is -3.85. The highest BCUT2D eigenvalue weighted by Crippen LogP contribution is 2.30. The van der Waals surface area contributed by atoms with Crippen molar-refractivity contribution in [1.29, 1.82) is 0 Å². The Bertz CT molecular complexity index is 849. The lowest BCUT2D eigenvalue weighted by atomic mass is 10.2. The van der Waals surface area contributed by atoms with Crippen LogP contribution in [-0.4, -0.2) is 27.0 Å². The number of fused-ring (bicyclic) bond motifs is 1. The zero-order valence-corrected chi connectivity index (χ0v) is 13.7. The van der Waals surface area contributed by atoms with Crippen molar-refractivity contribution in [2.75, 3.05) is 6.61 Å². The first-order valence-corrected chi connectivity index (χ1v) is 8.71. The number of ether oxygens (including phenoxy) is 2. The maximum Gasteiger partial charge on any atom is 0.279 e. The fraction of sp³-hybridized carbons (Fsp3) is 0.188. The molecule has 3 rings (SSSR count). The molecule has 7 nitrogen and oxygen atoms in total. The molecule has 0 unspecified atom stereocenters. The van der Waals surface area contributed by atoms with Crippen LogP contribution >= 0.6 is 0 Å². The summed E-state index contributed by atoms with van der Waals surface area (Å²) in [6, 6.07) is 13.2. The molecule has 0 saturated heterocycles. The predicted octanol–water partition coefficient (Wildman–Crippen LogP) is 1.14. The second kappa shape index (κ2) is 6.50. The van der Waals surface area contributed by atoms with Crippen LogP contribution in [0, 0.1) is 6.92 Å². The summed E-state index contributed by atoms with van der Waals surface area (Å²) >= 11 is 0. The van der Waals surface area contributed by atoms with E-state index in [4.69, 9.17) is 9.47 Å². The van der Waals surface area contributed by atoms with Gasteiger partial charge in [0, 0.05) is 0 Å². The number of carbonyl (C=O) groups is 1. The van der Waals surface area contributed by atoms with Gasteiger partial charge in [0.05, 0.1) is 4.90 Å². The van der Waals surface area contributed by atoms with E-state index < -0.39 is 22.0 Å². The molecule has 2 N–H and O–H groups in total. The van der Waals surface area contributed by atoms with E-state index in [0.717, 1.165) is 5.56 Å². The third-order valence-electron chi connectivity index (χ3n) is 3.44. The lowest BCUT2D eigenvalue weighted by molar-refractivity contribution is -0.130. The molecule has 126 valence electrons. The van der Waals surface area contributed by atoms with Crippen LogP contribution in [-0.2, 0) is 14.8 Å². The molecular weight excluding hydrogens is 332 g/mol. The highest BCUT2D eigenvalue weighted by molar-refractivity contribution is 7.89. The molecule has 0 saturated carbocycles. The quantitative estimate of drug-likeness (QED) is 0.809. The van der Waals surface area contributed by atoms with Crippen molar-refractivity contribution >= 4 is 15.9 Å². The third kappa shape index (κ3) is 3.50. The number of amides is 1. The average molecular weight is 348 g/mol. The van der Waals surface area contributed by atoms with Crippen molar-refractivity contribution in [2.45, 2.75) is 17.9 Å². The molecule has 0 radical (unpaired) electrons. The minimum Gasteiger partial charge on any atom is -0.485 e. The van der Waals surface area contributed by atoms with Gasteiger partial charge >= 0.3 is 0 Å². The lowest BCUT2D eigenvalue weighted by Crippen LogP contribution is -2.50. The third-order valence-corrected chi connectivity index (χ3v) is 4.70. The molecule has 24 heavy (non-hydrogen) atoms. The summed E-state index contributed by atoms with van der Waals surface area (Å²) in [5.74, 6) is 0.340. The monoisotopic (exact) mass is 348 g/mol. The van der Waals surface area contributed by atoms with Crippen LogP contribution in [0.2, 0.25) is 0 Å². The maximum absolute atomic E-state index is 12.1. The number of nitrogens with one attached hydrogen (secondary N) is 2. The van der Waals surface area contributed by atoms with E-state index in [-0.39, 0.29) is 11.5 Å². The van der Waals surface area contributed by atoms with Gasteiger partial charge in [-0.05, 0) is 31.2 Å². The fourth-order valence-corrected chi connectivity index (χ4v) is 2.97. The van der Waals surface area contributed by atoms with Crippen molar-refractivity contribution in [2.24, 2.45) is 0 Å². The number of hydrazine groups is 1. The van der Waals surface area contributed by atoms with Crippen LogP contribution in [0.5, 0.6) is 11.5 Å². The fourth-order valence-electron chi connectivity index (χ4n) is 2.12. The van der Waals surface area contributed by atoms with E-state index in [1.54, 1.807) is 36.4 Å². The second-order valence-electron chi connectivity index (χ2n) is 5.27. The Balaban J connectivity index is 1.63. The average Bonchev–Trinajstić information content (AvgIpc) is 2.59. The number of aryl methyl sites for hydroxylation is 1. The molecule has 1 aliphatic heterocycles. The first-order chi connectivity index (χ1) is 11.5. The van der Waals surface area contributed by atoms with Crippen molar-refractivity contribution < 1.29 is 22.7 Å². The zero-order chi connectivity index (χ0) is 17.2. The van der Waals surface area contributed by atoms with Crippen LogP contribution in [0.4, 0.5) is 0 Å². The molecule has 2 aromatic carbocycles. The number of benzene rings is 2. The molecule has 1 aliphatic rings. The Kier molecular flexibility index (Phi) is 4.41. The molecule has 2 aromatic rings. The SMILES string of the molecule is Cc1ccc(S(=O)(=O)NNC(=O)[C@@H]2COc3ccccc3O2)cc1. The topological polar surface area (TPSA) is 93.7 Å². The minimum absolute atomic E-state index is 0.00486. The number of carbonyl (C=O) groups excluding carboxylic acids is 1. The predicted molar refractivity (Wildman–Crippen MR) is 86.0 cm³/mol. The highest BCUT2D eigenvalue weighted by Gasteiger charge is 2.28. The summed E-state index contributed by atoms with van der Waals surface area (Å²) in [6.45, 7) is 1.85. The van der Waals surface area contributed by atoms with Crippen LogP contribution in [0.25, 0.3) is 0 Å². The molecule has 0 fully saturated rings. The Morgan fingerprint density at radius 1 is 1.08 bits per heavy atom. The summed E-state index contributed by atoms with van der Waals surface area (Å²) in [5, 5.41) is 0. The highest BCUT2D eigenvalue weighted by atomic mass is 32.2. The molecule has 8 heteroatoms. The second-order valence-corrected chi connectivity index (χ2v) is 6.95. The smallest absolute Gasteiger partial charge is 0.279 e. The van der Waals surface area contributed by atoms with Gasteiger partial charge in [-0.1, -0.05) is 29.8 Å². The molecule has 0 spiro atoms. The summed E-state index contributed by atoms with van der Waals surface area (Å²) in [7, 11) is -3.85. The van der Waals surface area contributed by atoms with Gasteiger partial charge in [-0.25, -0.2) is 8.42 Å². The Morgan fingerprint density at radius 3 is 2.46 bits per heavy atom. The zero-order valence-electron chi connectivity index (χ0n) is 12.9. The number of hydrogen-bond acceptors (Lipinski definition) is 5. The summed E-state index contributed by atoms with van der Waals surface area (Å²) in [6.07, 6.45) is -0.944. The lowest BCUT2D eigenvalue weighted by Gasteiger charge is -2.25. The van der Waals surface area contributed by atoms with Crippen LogP contribution in [0.3, 0.4) is 0 Å². The largest absolute Gasteiger partial charge is 0.485 e. The van der Waals surface area contributed by atoms with E-state index in [2.05, 4.69) is 10.3 Å². The number of sulfonamides is 1. The summed E-state index contributed by atoms with van der Waals surface area (Å²) < 4.78 is 35.2. The van der Waals surface area contributed by atoms with E-state index in [0.29, 0.717) is 11.5 Å². The van der Waals surface area contributed by atoms with E-state index >= 15 is 0 Å². The Labute approximate surface area is 139 Å². The van der Waals surface area contributed by atoms with Gasteiger partial charge in [0.2, 0.25) is 6.10 Å². The summed E-state index contributed by atoms with van der Waals surface area (Å²) in [5.41, 5.74) is 3.09. The van der Waals surface area contributed by atoms with Crippen LogP contribution in [0.15, 0.2) is 53.4 Å². The van der Waals surface area contributed by atoms with E-state index in [1.165, 1.54) is 12.1 Å². The van der Waals surface area contributed by atoms with Crippen molar-refractivity contribution in [3.05, 3.63) is 54.1 Å². The van der Waals surface area contributed by atoms with Crippen molar-refractivity contribution in [3.63, 3.8) is 0 Å². The number of hydrogen-bond donors (Lipinski definition) is 2. The van der Waals surface area contributed by atoms with Crippen molar-refractivity contribution in [1.82, 2.24) is 10.3 Å². The normalized spacial score (nSPS) is 16.5. The van der Waals surface area contributed by atoms with Gasteiger partial charge in [-0.3, -0.25) is 10.2 Å². The maximum atomic E-state index is 12.1. The van der Waals surface area contributed by atoms with Crippen molar-refractivity contribution in [3.8, 4) is 11.5 Å². The van der Waals surface area contributed by atoms with Gasteiger partial charge in [-0.2, -0.15) is 0 Å². The van der Waals surface area contributed by atoms with E-state index in [1.807, 2.05) is 6.92 Å². The van der Waals surface area contributed by atoms with Gasteiger partial charge in [0.25, 0.3) is 15.9 Å². The number of para-hydroxylation sites is 2. The van der Waals surface area contributed by atoms with Gasteiger partial charge in [0.15, 0.2) is 11.5 Å². The molecule has 1 atom stereocenters. The Morgan fingerprint density at radius 2 is 1.75 bits per heavy atom. The van der Waals surface area contributed by atoms with E-state index in [9.17, 15) is 13.2 Å². The standard InChI is InChI=1S/C16H16N2O5S/c1-11-6-8-12(9-7-11)24(20,21)18-17-16(19)15-10-22-13-4-2-3-5-14(13)23-15/h2-9,15,18H,10H2,1H3,(H,17,19)/t15-/m0/s1. The summed E-state index contributed by atoms with van der Waals surface area (Å²) in [4.78, 5) is 14.2. The van der Waals surface area contributed by atoms with Gasteiger partial charge < -0.3 is 9.47 Å². The van der Waals surface area contributed by atoms with Gasteiger partial charge in [0.1, 0.15) is 6.61 Å². The Hall–Kier alpha value is -2.58. The molecule has 0 aliphatic carbocycles. The molecular formula is C16H16N2O5S. The molecule has 0 aromatic heterocycles. The molecule has 1 amide bonds. The molecule has 1 heterocycles. The first kappa shape index (κ1) is 16.3. The van der Waals surface area contributed by atoms with Crippen LogP contribution < -0.4 is 19.7 Å². The number of rotatable bonds is 4. The van der Waals surface area contributed by atoms with Crippen LogP contribution in [0.1, 0.15) is 5.56 Å². The van der Waals surface area contributed by atoms with Gasteiger partial charge in [-0.15, -0.1) is 4.83 Å². The molecule has 0 bridgehead atoms. The first-order valence-electron chi connectivity index (χ1n) is 7.22.